The van der Waals surface area contributed by atoms with Gasteiger partial charge < -0.3 is 10.2 Å². The van der Waals surface area contributed by atoms with E-state index in [0.29, 0.717) is 30.6 Å². The fourth-order valence-electron chi connectivity index (χ4n) is 4.10. The molecule has 3 aliphatic rings. The lowest BCUT2D eigenvalue weighted by molar-refractivity contribution is 0.0916. The van der Waals surface area contributed by atoms with E-state index in [1.54, 1.807) is 22.5 Å². The van der Waals surface area contributed by atoms with Crippen LogP contribution in [0.2, 0.25) is 0 Å². The zero-order chi connectivity index (χ0) is 17.6. The maximum absolute atomic E-state index is 13.0. The molecule has 7 heteroatoms. The standard InChI is InChI=1S/C18H25N3O3S/c1-20-9-8-14-11-21(12-17(14)20)25(23,24)16-7-2-4-13(10-16)18(22)19-15-5-3-6-15/h2,4,7,10,14-15,17H,3,5-6,8-9,11-12H2,1H3,(H,19,22). The van der Waals surface area contributed by atoms with Gasteiger partial charge in [-0.3, -0.25) is 4.79 Å². The van der Waals surface area contributed by atoms with E-state index < -0.39 is 10.0 Å². The molecule has 3 fully saturated rings. The summed E-state index contributed by atoms with van der Waals surface area (Å²) in [5.74, 6) is 0.240. The predicted molar refractivity (Wildman–Crippen MR) is 94.8 cm³/mol. The summed E-state index contributed by atoms with van der Waals surface area (Å²) in [6.07, 6.45) is 4.21. The molecule has 136 valence electrons. The van der Waals surface area contributed by atoms with Gasteiger partial charge in [0, 0.05) is 30.7 Å². The molecule has 0 bridgehead atoms. The summed E-state index contributed by atoms with van der Waals surface area (Å²) >= 11 is 0. The average molecular weight is 363 g/mol. The van der Waals surface area contributed by atoms with E-state index in [2.05, 4.69) is 17.3 Å². The SMILES string of the molecule is CN1CCC2CN(S(=O)(=O)c3cccc(C(=O)NC4CCC4)c3)CC21. The van der Waals surface area contributed by atoms with E-state index in [1.807, 2.05) is 0 Å². The summed E-state index contributed by atoms with van der Waals surface area (Å²) in [5, 5.41) is 2.97. The van der Waals surface area contributed by atoms with Crippen molar-refractivity contribution in [3.8, 4) is 0 Å². The third kappa shape index (κ3) is 3.09. The maximum Gasteiger partial charge on any atom is 0.251 e. The van der Waals surface area contributed by atoms with Crippen molar-refractivity contribution in [3.05, 3.63) is 29.8 Å². The first-order chi connectivity index (χ1) is 11.9. The molecule has 4 rings (SSSR count). The Kier molecular flexibility index (Phi) is 4.33. The van der Waals surface area contributed by atoms with Crippen LogP contribution in [0.15, 0.2) is 29.2 Å². The smallest absolute Gasteiger partial charge is 0.251 e. The van der Waals surface area contributed by atoms with Gasteiger partial charge in [0.1, 0.15) is 0 Å². The van der Waals surface area contributed by atoms with Gasteiger partial charge in [-0.2, -0.15) is 4.31 Å². The van der Waals surface area contributed by atoms with Crippen molar-refractivity contribution < 1.29 is 13.2 Å². The Hall–Kier alpha value is -1.44. The van der Waals surface area contributed by atoms with Gasteiger partial charge in [0.05, 0.1) is 4.90 Å². The zero-order valence-electron chi connectivity index (χ0n) is 14.5. The number of amides is 1. The van der Waals surface area contributed by atoms with Crippen LogP contribution in [0, 0.1) is 5.92 Å². The van der Waals surface area contributed by atoms with Gasteiger partial charge in [-0.05, 0) is 63.4 Å². The molecule has 2 saturated heterocycles. The first-order valence-corrected chi connectivity index (χ1v) is 10.5. The van der Waals surface area contributed by atoms with E-state index in [4.69, 9.17) is 0 Å². The zero-order valence-corrected chi connectivity index (χ0v) is 15.3. The fourth-order valence-corrected chi connectivity index (χ4v) is 5.66. The molecule has 0 aromatic heterocycles. The summed E-state index contributed by atoms with van der Waals surface area (Å²) in [6, 6.07) is 7.00. The molecule has 1 N–H and O–H groups in total. The van der Waals surface area contributed by atoms with Gasteiger partial charge in [-0.25, -0.2) is 8.42 Å². The predicted octanol–water partition coefficient (Wildman–Crippen LogP) is 1.29. The second-order valence-electron chi connectivity index (χ2n) is 7.55. The molecule has 2 heterocycles. The quantitative estimate of drug-likeness (QED) is 0.875. The van der Waals surface area contributed by atoms with Gasteiger partial charge in [0.15, 0.2) is 0 Å². The minimum Gasteiger partial charge on any atom is -0.349 e. The molecule has 0 spiro atoms. The highest BCUT2D eigenvalue weighted by Crippen LogP contribution is 2.33. The van der Waals surface area contributed by atoms with Crippen LogP contribution >= 0.6 is 0 Å². The number of rotatable bonds is 4. The number of sulfonamides is 1. The van der Waals surface area contributed by atoms with Crippen LogP contribution in [-0.4, -0.2) is 62.3 Å². The molecule has 2 unspecified atom stereocenters. The van der Waals surface area contributed by atoms with Crippen molar-refractivity contribution in [1.29, 1.82) is 0 Å². The van der Waals surface area contributed by atoms with Crippen LogP contribution in [-0.2, 0) is 10.0 Å². The molecule has 6 nitrogen and oxygen atoms in total. The Labute approximate surface area is 149 Å². The average Bonchev–Trinajstić information content (AvgIpc) is 3.14. The van der Waals surface area contributed by atoms with Crippen LogP contribution in [0.25, 0.3) is 0 Å². The van der Waals surface area contributed by atoms with Crippen molar-refractivity contribution in [2.45, 2.75) is 42.7 Å². The largest absolute Gasteiger partial charge is 0.349 e. The summed E-state index contributed by atoms with van der Waals surface area (Å²) in [4.78, 5) is 14.8. The van der Waals surface area contributed by atoms with E-state index in [1.165, 1.54) is 6.07 Å². The highest BCUT2D eigenvalue weighted by atomic mass is 32.2. The second-order valence-corrected chi connectivity index (χ2v) is 9.49. The number of hydrogen-bond acceptors (Lipinski definition) is 4. The third-order valence-corrected chi connectivity index (χ3v) is 7.79. The molecule has 1 aromatic carbocycles. The monoisotopic (exact) mass is 363 g/mol. The van der Waals surface area contributed by atoms with Gasteiger partial charge >= 0.3 is 0 Å². The van der Waals surface area contributed by atoms with Crippen LogP contribution in [0.3, 0.4) is 0 Å². The molecule has 2 atom stereocenters. The lowest BCUT2D eigenvalue weighted by atomic mass is 9.93. The number of carbonyl (C=O) groups is 1. The van der Waals surface area contributed by atoms with Crippen molar-refractivity contribution in [3.63, 3.8) is 0 Å². The lowest BCUT2D eigenvalue weighted by Gasteiger charge is -2.26. The number of fused-ring (bicyclic) bond motifs is 1. The summed E-state index contributed by atoms with van der Waals surface area (Å²) in [6.45, 7) is 2.16. The third-order valence-electron chi connectivity index (χ3n) is 5.97. The Balaban J connectivity index is 1.52. The Morgan fingerprint density at radius 2 is 2.00 bits per heavy atom. The Morgan fingerprint density at radius 1 is 1.20 bits per heavy atom. The molecule has 0 radical (unpaired) electrons. The molecule has 1 aromatic rings. The topological polar surface area (TPSA) is 69.7 Å². The fraction of sp³-hybridized carbons (Fsp3) is 0.611. The van der Waals surface area contributed by atoms with Crippen LogP contribution < -0.4 is 5.32 Å². The van der Waals surface area contributed by atoms with Gasteiger partial charge in [-0.15, -0.1) is 0 Å². The summed E-state index contributed by atoms with van der Waals surface area (Å²) in [5.41, 5.74) is 0.421. The minimum atomic E-state index is -3.55. The number of carbonyl (C=O) groups excluding carboxylic acids is 1. The normalized spacial score (nSPS) is 27.9. The van der Waals surface area contributed by atoms with E-state index in [9.17, 15) is 13.2 Å². The lowest BCUT2D eigenvalue weighted by Crippen LogP contribution is -2.39. The van der Waals surface area contributed by atoms with E-state index >= 15 is 0 Å². The van der Waals surface area contributed by atoms with E-state index in [-0.39, 0.29) is 16.8 Å². The number of likely N-dealkylation sites (N-methyl/N-ethyl adjacent to an activating group) is 1. The first-order valence-electron chi connectivity index (χ1n) is 9.06. The van der Waals surface area contributed by atoms with Crippen LogP contribution in [0.1, 0.15) is 36.0 Å². The maximum atomic E-state index is 13.0. The van der Waals surface area contributed by atoms with Gasteiger partial charge in [-0.1, -0.05) is 6.07 Å². The van der Waals surface area contributed by atoms with Crippen molar-refractivity contribution in [2.75, 3.05) is 26.7 Å². The summed E-state index contributed by atoms with van der Waals surface area (Å²) < 4.78 is 27.6. The molecular weight excluding hydrogens is 338 g/mol. The van der Waals surface area contributed by atoms with Crippen molar-refractivity contribution >= 4 is 15.9 Å². The molecule has 1 amide bonds. The number of benzene rings is 1. The first kappa shape index (κ1) is 17.0. The second kappa shape index (κ2) is 6.37. The number of likely N-dealkylation sites (tertiary alicyclic amines) is 1. The minimum absolute atomic E-state index is 0.181. The van der Waals surface area contributed by atoms with Crippen molar-refractivity contribution in [2.24, 2.45) is 5.92 Å². The molecule has 1 saturated carbocycles. The van der Waals surface area contributed by atoms with E-state index in [0.717, 1.165) is 32.2 Å². The number of hydrogen-bond donors (Lipinski definition) is 1. The highest BCUT2D eigenvalue weighted by molar-refractivity contribution is 7.89. The summed E-state index contributed by atoms with van der Waals surface area (Å²) in [7, 11) is -1.49. The molecule has 2 aliphatic heterocycles. The van der Waals surface area contributed by atoms with Crippen molar-refractivity contribution in [1.82, 2.24) is 14.5 Å². The molecular formula is C18H25N3O3S. The van der Waals surface area contributed by atoms with Crippen LogP contribution in [0.5, 0.6) is 0 Å². The molecule has 25 heavy (non-hydrogen) atoms. The number of nitrogens with one attached hydrogen (secondary N) is 1. The Morgan fingerprint density at radius 3 is 2.68 bits per heavy atom. The number of nitrogens with zero attached hydrogens (tertiary/aromatic N) is 2. The molecule has 1 aliphatic carbocycles. The van der Waals surface area contributed by atoms with Crippen LogP contribution in [0.4, 0.5) is 0 Å². The highest BCUT2D eigenvalue weighted by Gasteiger charge is 2.44. The van der Waals surface area contributed by atoms with Gasteiger partial charge in [0.25, 0.3) is 5.91 Å². The van der Waals surface area contributed by atoms with Gasteiger partial charge in [0.2, 0.25) is 10.0 Å². The Bertz CT molecular complexity index is 776.